The van der Waals surface area contributed by atoms with E-state index in [9.17, 15) is 13.6 Å². The van der Waals surface area contributed by atoms with Crippen molar-refractivity contribution in [2.45, 2.75) is 12.0 Å². The van der Waals surface area contributed by atoms with Gasteiger partial charge in [-0.25, -0.2) is 13.6 Å². The molecule has 0 aromatic heterocycles. The molecule has 0 saturated heterocycles. The number of benzene rings is 3. The first-order valence-electron chi connectivity index (χ1n) is 9.57. The minimum atomic E-state index is -1.02. The van der Waals surface area contributed by atoms with Crippen molar-refractivity contribution in [2.75, 3.05) is 12.0 Å². The fourth-order valence-corrected chi connectivity index (χ4v) is 4.21. The predicted octanol–water partition coefficient (Wildman–Crippen LogP) is 5.40. The molecule has 0 fully saturated rings. The summed E-state index contributed by atoms with van der Waals surface area (Å²) in [7, 11) is 0. The van der Waals surface area contributed by atoms with Crippen molar-refractivity contribution in [3.05, 3.63) is 99.5 Å². The maximum atomic E-state index is 13.9. The smallest absolute Gasteiger partial charge is 0.341 e. The number of rotatable bonds is 2. The van der Waals surface area contributed by atoms with Gasteiger partial charge in [-0.1, -0.05) is 28.1 Å². The van der Waals surface area contributed by atoms with Crippen molar-refractivity contribution in [2.24, 2.45) is 5.10 Å². The molecule has 3 aromatic carbocycles. The van der Waals surface area contributed by atoms with Crippen molar-refractivity contribution in [1.29, 1.82) is 0 Å². The van der Waals surface area contributed by atoms with Gasteiger partial charge in [0.1, 0.15) is 29.7 Å². The Bertz CT molecular complexity index is 1200. The number of nitrogens with one attached hydrogen (secondary N) is 1. The lowest BCUT2D eigenvalue weighted by Gasteiger charge is -2.37. The van der Waals surface area contributed by atoms with Gasteiger partial charge in [0.25, 0.3) is 0 Å². The zero-order valence-corrected chi connectivity index (χ0v) is 17.7. The molecular formula is C23H16BrF2N3O2. The van der Waals surface area contributed by atoms with Gasteiger partial charge in [-0.15, -0.1) is 0 Å². The van der Waals surface area contributed by atoms with Crippen LogP contribution >= 0.6 is 15.9 Å². The fraction of sp³-hybridized carbons (Fsp3) is 0.130. The molecule has 1 aliphatic carbocycles. The molecule has 0 saturated carbocycles. The van der Waals surface area contributed by atoms with Crippen molar-refractivity contribution in [3.8, 4) is 0 Å². The molecule has 3 aromatic rings. The molecule has 0 spiro atoms. The van der Waals surface area contributed by atoms with Crippen LogP contribution in [0, 0.1) is 11.6 Å². The van der Waals surface area contributed by atoms with Gasteiger partial charge in [0.2, 0.25) is 0 Å². The van der Waals surface area contributed by atoms with Crippen molar-refractivity contribution in [3.63, 3.8) is 0 Å². The van der Waals surface area contributed by atoms with Gasteiger partial charge in [0.05, 0.1) is 0 Å². The fourth-order valence-electron chi connectivity index (χ4n) is 3.95. The van der Waals surface area contributed by atoms with E-state index in [1.807, 2.05) is 12.1 Å². The van der Waals surface area contributed by atoms with Crippen LogP contribution in [0.25, 0.3) is 0 Å². The molecular weight excluding hydrogens is 468 g/mol. The van der Waals surface area contributed by atoms with Crippen LogP contribution in [0.15, 0.2) is 76.3 Å². The molecule has 5 rings (SSSR count). The van der Waals surface area contributed by atoms with Crippen LogP contribution in [-0.2, 0) is 16.8 Å². The summed E-state index contributed by atoms with van der Waals surface area (Å²) in [6.07, 6.45) is 0.340. The minimum Gasteiger partial charge on any atom is -0.341 e. The molecule has 31 heavy (non-hydrogen) atoms. The highest BCUT2D eigenvalue weighted by atomic mass is 79.9. The number of hydrazone groups is 1. The number of nitrogens with zero attached hydrogens (tertiary/aromatic N) is 2. The number of carbonyl (C=O) groups excluding carboxylic acids is 1. The number of hydrogen-bond acceptors (Lipinski definition) is 3. The van der Waals surface area contributed by atoms with E-state index in [0.29, 0.717) is 28.9 Å². The SMILES string of the molecule is O=C(Nc1ccc(Br)cc1)N1COC2(c3ccc(F)cc3)Cc3cc(F)ccc3C2=N1. The van der Waals surface area contributed by atoms with Gasteiger partial charge in [0.15, 0.2) is 0 Å². The lowest BCUT2D eigenvalue weighted by atomic mass is 9.88. The number of halogens is 3. The van der Waals surface area contributed by atoms with E-state index in [1.165, 1.54) is 29.3 Å². The second kappa shape index (κ2) is 7.55. The molecule has 2 amide bonds. The Hall–Kier alpha value is -3.10. The standard InChI is InChI=1S/C23H16BrF2N3O2/c24-16-3-8-19(9-4-16)27-22(30)29-13-31-23(15-1-5-17(25)6-2-15)12-14-11-18(26)7-10-20(14)21(23)28-29/h1-11H,12-13H2,(H,27,30). The number of carbonyl (C=O) groups is 1. The summed E-state index contributed by atoms with van der Waals surface area (Å²) in [5, 5.41) is 8.56. The van der Waals surface area contributed by atoms with Crippen LogP contribution in [0.5, 0.6) is 0 Å². The Morgan fingerprint density at radius 2 is 1.74 bits per heavy atom. The van der Waals surface area contributed by atoms with E-state index in [-0.39, 0.29) is 18.4 Å². The Morgan fingerprint density at radius 3 is 2.48 bits per heavy atom. The summed E-state index contributed by atoms with van der Waals surface area (Å²) < 4.78 is 34.5. The molecule has 1 atom stereocenters. The third-order valence-corrected chi connectivity index (χ3v) is 5.97. The number of hydrogen-bond donors (Lipinski definition) is 1. The molecule has 8 heteroatoms. The van der Waals surface area contributed by atoms with Gasteiger partial charge in [-0.3, -0.25) is 0 Å². The van der Waals surface area contributed by atoms with E-state index in [2.05, 4.69) is 26.3 Å². The molecule has 156 valence electrons. The number of anilines is 1. The first kappa shape index (κ1) is 19.8. The molecule has 1 N–H and O–H groups in total. The van der Waals surface area contributed by atoms with Crippen LogP contribution in [0.4, 0.5) is 19.3 Å². The number of urea groups is 1. The zero-order valence-electron chi connectivity index (χ0n) is 16.1. The first-order chi connectivity index (χ1) is 14.9. The Balaban J connectivity index is 1.53. The summed E-state index contributed by atoms with van der Waals surface area (Å²) in [5.41, 5.74) is 2.20. The molecule has 1 aliphatic heterocycles. The van der Waals surface area contributed by atoms with E-state index < -0.39 is 11.6 Å². The van der Waals surface area contributed by atoms with E-state index >= 15 is 0 Å². The summed E-state index contributed by atoms with van der Waals surface area (Å²) in [6.45, 7) is -0.111. The van der Waals surface area contributed by atoms with E-state index in [4.69, 9.17) is 4.74 Å². The summed E-state index contributed by atoms with van der Waals surface area (Å²) in [4.78, 5) is 12.8. The average molecular weight is 484 g/mol. The lowest BCUT2D eigenvalue weighted by Crippen LogP contribution is -2.48. The number of ether oxygens (including phenoxy) is 1. The maximum Gasteiger partial charge on any atom is 0.344 e. The molecule has 0 bridgehead atoms. The minimum absolute atomic E-state index is 0.111. The van der Waals surface area contributed by atoms with E-state index in [0.717, 1.165) is 10.0 Å². The van der Waals surface area contributed by atoms with Gasteiger partial charge in [-0.05, 0) is 65.7 Å². The van der Waals surface area contributed by atoms with Crippen LogP contribution in [0.2, 0.25) is 0 Å². The van der Waals surface area contributed by atoms with Crippen LogP contribution in [0.1, 0.15) is 16.7 Å². The molecule has 1 heterocycles. The second-order valence-electron chi connectivity index (χ2n) is 7.37. The summed E-state index contributed by atoms with van der Waals surface area (Å²) in [6, 6.07) is 17.1. The quantitative estimate of drug-likeness (QED) is 0.530. The highest BCUT2D eigenvalue weighted by Crippen LogP contribution is 2.43. The number of fused-ring (bicyclic) bond motifs is 3. The summed E-state index contributed by atoms with van der Waals surface area (Å²) in [5.74, 6) is -0.733. The van der Waals surface area contributed by atoms with Gasteiger partial charge in [0, 0.05) is 22.1 Å². The van der Waals surface area contributed by atoms with Crippen LogP contribution in [0.3, 0.4) is 0 Å². The highest BCUT2D eigenvalue weighted by molar-refractivity contribution is 9.10. The highest BCUT2D eigenvalue weighted by Gasteiger charge is 2.49. The molecule has 0 radical (unpaired) electrons. The van der Waals surface area contributed by atoms with Crippen molar-refractivity contribution in [1.82, 2.24) is 5.01 Å². The van der Waals surface area contributed by atoms with Crippen molar-refractivity contribution >= 4 is 33.4 Å². The van der Waals surface area contributed by atoms with E-state index in [1.54, 1.807) is 30.3 Å². The second-order valence-corrected chi connectivity index (χ2v) is 8.29. The average Bonchev–Trinajstić information content (AvgIpc) is 3.09. The maximum absolute atomic E-state index is 13.9. The Morgan fingerprint density at radius 1 is 1.03 bits per heavy atom. The summed E-state index contributed by atoms with van der Waals surface area (Å²) >= 11 is 3.36. The topological polar surface area (TPSA) is 53.9 Å². The lowest BCUT2D eigenvalue weighted by molar-refractivity contribution is -0.0555. The molecule has 5 nitrogen and oxygen atoms in total. The number of amides is 2. The van der Waals surface area contributed by atoms with Gasteiger partial charge < -0.3 is 10.1 Å². The molecule has 1 unspecified atom stereocenters. The largest absolute Gasteiger partial charge is 0.344 e. The first-order valence-corrected chi connectivity index (χ1v) is 10.4. The van der Waals surface area contributed by atoms with Crippen LogP contribution < -0.4 is 5.32 Å². The van der Waals surface area contributed by atoms with Crippen molar-refractivity contribution < 1.29 is 18.3 Å². The van der Waals surface area contributed by atoms with Gasteiger partial charge >= 0.3 is 6.03 Å². The third-order valence-electron chi connectivity index (χ3n) is 5.44. The van der Waals surface area contributed by atoms with Crippen LogP contribution in [-0.4, -0.2) is 23.5 Å². The Labute approximate surface area is 185 Å². The monoisotopic (exact) mass is 483 g/mol. The normalized spacial score (nSPS) is 19.5. The zero-order chi connectivity index (χ0) is 21.6. The third kappa shape index (κ3) is 3.51. The Kier molecular flexibility index (Phi) is 4.83. The molecule has 2 aliphatic rings. The predicted molar refractivity (Wildman–Crippen MR) is 116 cm³/mol. The van der Waals surface area contributed by atoms with Gasteiger partial charge in [-0.2, -0.15) is 10.1 Å².